The number of rotatable bonds is 5. The fourth-order valence-corrected chi connectivity index (χ4v) is 5.28. The van der Waals surface area contributed by atoms with Gasteiger partial charge in [-0.15, -0.1) is 0 Å². The molecular weight excluding hydrogens is 563 g/mol. The van der Waals surface area contributed by atoms with Crippen LogP contribution >= 0.6 is 11.6 Å². The Morgan fingerprint density at radius 3 is 2.14 bits per heavy atom. The lowest BCUT2D eigenvalue weighted by Gasteiger charge is -2.34. The molecule has 1 N–H and O–H groups in total. The van der Waals surface area contributed by atoms with Crippen molar-refractivity contribution in [2.24, 2.45) is 0 Å². The Hall–Kier alpha value is -4.34. The lowest BCUT2D eigenvalue weighted by Crippen LogP contribution is -2.49. The van der Waals surface area contributed by atoms with Crippen molar-refractivity contribution in [2.75, 3.05) is 31.5 Å². The molecule has 0 spiro atoms. The van der Waals surface area contributed by atoms with Crippen molar-refractivity contribution in [3.8, 4) is 22.4 Å². The molecule has 6 nitrogen and oxygen atoms in total. The lowest BCUT2D eigenvalue weighted by atomic mass is 10.1. The molecule has 0 aliphatic carbocycles. The maximum absolute atomic E-state index is 12.9. The zero-order valence-corrected chi connectivity index (χ0v) is 23.2. The van der Waals surface area contributed by atoms with Crippen LogP contribution in [-0.2, 0) is 12.7 Å². The first-order valence-corrected chi connectivity index (χ1v) is 13.9. The number of fused-ring (bicyclic) bond motifs is 1. The summed E-state index contributed by atoms with van der Waals surface area (Å²) in [6.07, 6.45) is -2.31. The Kier molecular flexibility index (Phi) is 7.62. The number of piperazine rings is 1. The number of hydrogen-bond acceptors (Lipinski definition) is 3. The van der Waals surface area contributed by atoms with Crippen LogP contribution in [0.1, 0.15) is 11.3 Å². The first-order chi connectivity index (χ1) is 20.2. The molecule has 1 saturated heterocycles. The van der Waals surface area contributed by atoms with E-state index in [2.05, 4.69) is 39.0 Å². The highest BCUT2D eigenvalue weighted by atomic mass is 35.5. The Labute approximate surface area is 246 Å². The zero-order chi connectivity index (χ0) is 29.3. The van der Waals surface area contributed by atoms with Crippen LogP contribution in [0, 0.1) is 0 Å². The van der Waals surface area contributed by atoms with Crippen molar-refractivity contribution in [3.63, 3.8) is 0 Å². The minimum absolute atomic E-state index is 0.322. The first-order valence-electron chi connectivity index (χ1n) is 13.5. The molecule has 10 heteroatoms. The molecular formula is C32H27ClF3N5O. The summed E-state index contributed by atoms with van der Waals surface area (Å²) < 4.78 is 40.7. The highest BCUT2D eigenvalue weighted by molar-refractivity contribution is 6.30. The van der Waals surface area contributed by atoms with Crippen molar-refractivity contribution in [2.45, 2.75) is 12.7 Å². The van der Waals surface area contributed by atoms with E-state index in [0.29, 0.717) is 43.4 Å². The Morgan fingerprint density at radius 1 is 0.810 bits per heavy atom. The third-order valence-corrected chi connectivity index (χ3v) is 7.69. The fraction of sp³-hybridized carbons (Fsp3) is 0.188. The van der Waals surface area contributed by atoms with Gasteiger partial charge in [-0.2, -0.15) is 13.2 Å². The number of nitrogens with zero attached hydrogens (tertiary/aromatic N) is 4. The van der Waals surface area contributed by atoms with Crippen LogP contribution in [0.5, 0.6) is 0 Å². The molecule has 3 aromatic carbocycles. The van der Waals surface area contributed by atoms with E-state index < -0.39 is 11.7 Å². The van der Waals surface area contributed by atoms with E-state index in [-0.39, 0.29) is 6.03 Å². The lowest BCUT2D eigenvalue weighted by molar-refractivity contribution is -0.137. The summed E-state index contributed by atoms with van der Waals surface area (Å²) in [4.78, 5) is 21.8. The van der Waals surface area contributed by atoms with E-state index in [9.17, 15) is 18.0 Å². The molecule has 0 atom stereocenters. The Balaban J connectivity index is 1.20. The van der Waals surface area contributed by atoms with Crippen LogP contribution in [0.25, 0.3) is 28.0 Å². The summed E-state index contributed by atoms with van der Waals surface area (Å²) in [5.74, 6) is 0. The van der Waals surface area contributed by atoms with E-state index in [1.165, 1.54) is 12.1 Å². The summed E-state index contributed by atoms with van der Waals surface area (Å²) in [5, 5.41) is 3.36. The maximum atomic E-state index is 12.9. The van der Waals surface area contributed by atoms with Gasteiger partial charge in [0.05, 0.1) is 17.0 Å². The molecule has 0 bridgehead atoms. The molecule has 2 amide bonds. The number of carbonyl (C=O) groups is 1. The van der Waals surface area contributed by atoms with Gasteiger partial charge in [0, 0.05) is 55.2 Å². The number of pyridine rings is 1. The van der Waals surface area contributed by atoms with Crippen LogP contribution < -0.4 is 5.32 Å². The monoisotopic (exact) mass is 589 g/mol. The molecule has 214 valence electrons. The molecule has 2 aromatic heterocycles. The van der Waals surface area contributed by atoms with Gasteiger partial charge in [-0.3, -0.25) is 4.90 Å². The van der Waals surface area contributed by atoms with Gasteiger partial charge in [-0.1, -0.05) is 54.1 Å². The molecule has 3 heterocycles. The van der Waals surface area contributed by atoms with Crippen LogP contribution in [0.3, 0.4) is 0 Å². The van der Waals surface area contributed by atoms with Crippen LogP contribution in [-0.4, -0.2) is 51.4 Å². The van der Waals surface area contributed by atoms with Gasteiger partial charge in [-0.05, 0) is 59.7 Å². The molecule has 0 saturated carbocycles. The number of benzene rings is 3. The Bertz CT molecular complexity index is 1700. The van der Waals surface area contributed by atoms with Gasteiger partial charge in [0.1, 0.15) is 5.65 Å². The van der Waals surface area contributed by atoms with Crippen LogP contribution in [0.2, 0.25) is 5.02 Å². The number of halogens is 4. The average Bonchev–Trinajstić information content (AvgIpc) is 3.35. The van der Waals surface area contributed by atoms with E-state index in [1.807, 2.05) is 48.5 Å². The number of carbonyl (C=O) groups excluding carboxylic acids is 1. The predicted octanol–water partition coefficient (Wildman–Crippen LogP) is 7.69. The van der Waals surface area contributed by atoms with E-state index in [4.69, 9.17) is 16.6 Å². The molecule has 5 aromatic rings. The van der Waals surface area contributed by atoms with Gasteiger partial charge >= 0.3 is 12.2 Å². The SMILES string of the molecule is O=C(Nc1ccc(C(F)(F)F)cc1)N1CCN(Cc2c(-c3ccc(Cl)cc3)nc3ccc(-c4ccccc4)cn23)CC1. The van der Waals surface area contributed by atoms with Gasteiger partial charge in [0.25, 0.3) is 0 Å². The number of imidazole rings is 1. The van der Waals surface area contributed by atoms with E-state index in [0.717, 1.165) is 45.9 Å². The van der Waals surface area contributed by atoms with Gasteiger partial charge < -0.3 is 14.6 Å². The normalized spacial score (nSPS) is 14.3. The summed E-state index contributed by atoms with van der Waals surface area (Å²) in [5.41, 5.74) is 5.47. The molecule has 1 aliphatic rings. The summed E-state index contributed by atoms with van der Waals surface area (Å²) in [7, 11) is 0. The zero-order valence-electron chi connectivity index (χ0n) is 22.5. The molecule has 1 fully saturated rings. The number of alkyl halides is 3. The van der Waals surface area contributed by atoms with Gasteiger partial charge in [-0.25, -0.2) is 9.78 Å². The van der Waals surface area contributed by atoms with E-state index >= 15 is 0 Å². The number of amides is 2. The second kappa shape index (κ2) is 11.5. The topological polar surface area (TPSA) is 52.9 Å². The minimum Gasteiger partial charge on any atom is -0.322 e. The molecule has 0 radical (unpaired) electrons. The largest absolute Gasteiger partial charge is 0.416 e. The number of aromatic nitrogens is 2. The minimum atomic E-state index is -4.42. The molecule has 6 rings (SSSR count). The van der Waals surface area contributed by atoms with Crippen molar-refractivity contribution in [3.05, 3.63) is 113 Å². The van der Waals surface area contributed by atoms with Crippen molar-refractivity contribution < 1.29 is 18.0 Å². The quantitative estimate of drug-likeness (QED) is 0.229. The van der Waals surface area contributed by atoms with Gasteiger partial charge in [0.15, 0.2) is 0 Å². The third kappa shape index (κ3) is 5.98. The number of hydrogen-bond donors (Lipinski definition) is 1. The predicted molar refractivity (Wildman–Crippen MR) is 158 cm³/mol. The van der Waals surface area contributed by atoms with Crippen molar-refractivity contribution in [1.82, 2.24) is 19.2 Å². The van der Waals surface area contributed by atoms with Crippen molar-refractivity contribution in [1.29, 1.82) is 0 Å². The average molecular weight is 590 g/mol. The summed E-state index contributed by atoms with van der Waals surface area (Å²) >= 11 is 6.16. The van der Waals surface area contributed by atoms with E-state index in [1.54, 1.807) is 4.90 Å². The molecule has 0 unspecified atom stereocenters. The number of anilines is 1. The summed E-state index contributed by atoms with van der Waals surface area (Å²) in [6.45, 7) is 2.84. The number of nitrogens with one attached hydrogen (secondary N) is 1. The number of urea groups is 1. The second-order valence-corrected chi connectivity index (χ2v) is 10.6. The van der Waals surface area contributed by atoms with Crippen molar-refractivity contribution >= 4 is 29.0 Å². The second-order valence-electron chi connectivity index (χ2n) is 10.2. The Morgan fingerprint density at radius 2 is 1.48 bits per heavy atom. The standard InChI is InChI=1S/C32H27ClF3N5O/c33-26-11-6-23(7-12-26)30-28(41-20-24(8-15-29(41)38-30)22-4-2-1-3-5-22)21-39-16-18-40(19-17-39)31(42)37-27-13-9-25(10-14-27)32(34,35)36/h1-15,20H,16-19,21H2,(H,37,42). The molecule has 42 heavy (non-hydrogen) atoms. The highest BCUT2D eigenvalue weighted by Gasteiger charge is 2.30. The van der Waals surface area contributed by atoms with Gasteiger partial charge in [0.2, 0.25) is 0 Å². The summed E-state index contributed by atoms with van der Waals surface area (Å²) in [6, 6.07) is 26.0. The van der Waals surface area contributed by atoms with Crippen LogP contribution in [0.15, 0.2) is 97.2 Å². The highest BCUT2D eigenvalue weighted by Crippen LogP contribution is 2.31. The third-order valence-electron chi connectivity index (χ3n) is 7.44. The molecule has 1 aliphatic heterocycles. The van der Waals surface area contributed by atoms with Crippen LogP contribution in [0.4, 0.5) is 23.7 Å². The first kappa shape index (κ1) is 27.8. The maximum Gasteiger partial charge on any atom is 0.416 e. The fourth-order valence-electron chi connectivity index (χ4n) is 5.15. The smallest absolute Gasteiger partial charge is 0.322 e.